The quantitative estimate of drug-likeness (QED) is 0.562. The van der Waals surface area contributed by atoms with Crippen molar-refractivity contribution in [2.45, 2.75) is 0 Å². The number of hydrogen-bond donors (Lipinski definition) is 3. The number of carboxylic acid groups (broad SMARTS) is 1. The molecule has 1 amide bonds. The van der Waals surface area contributed by atoms with Crippen LogP contribution in [0.1, 0.15) is 0 Å². The van der Waals surface area contributed by atoms with Crippen molar-refractivity contribution in [1.82, 2.24) is 0 Å². The van der Waals surface area contributed by atoms with Crippen LogP contribution in [-0.2, 0) is 26.4 Å². The molecule has 0 aliphatic carbocycles. The van der Waals surface area contributed by atoms with Crippen molar-refractivity contribution >= 4 is 17.6 Å². The van der Waals surface area contributed by atoms with E-state index in [4.69, 9.17) is 10.2 Å². The number of rotatable bonds is 3. The third kappa shape index (κ3) is 5.18. The maximum absolute atomic E-state index is 11.1. The molecule has 87 valence electrons. The minimum Gasteiger partial charge on any atom is -0.508 e. The summed E-state index contributed by atoms with van der Waals surface area (Å²) in [6.07, 6.45) is 1.66. The van der Waals surface area contributed by atoms with E-state index in [0.29, 0.717) is 5.69 Å². The number of carboxylic acids is 1. The normalized spacial score (nSPS) is 9.50. The average Bonchev–Trinajstić information content (AvgIpc) is 2.19. The molecule has 16 heavy (non-hydrogen) atoms. The Morgan fingerprint density at radius 2 is 1.69 bits per heavy atom. The van der Waals surface area contributed by atoms with Crippen LogP contribution in [0.2, 0.25) is 0 Å². The summed E-state index contributed by atoms with van der Waals surface area (Å²) in [5.41, 5.74) is 0.479. The smallest absolute Gasteiger partial charge is 0.328 e. The molecule has 0 saturated carbocycles. The summed E-state index contributed by atoms with van der Waals surface area (Å²) in [5, 5.41) is 19.7. The van der Waals surface area contributed by atoms with Crippen molar-refractivity contribution in [2.75, 3.05) is 5.32 Å². The fraction of sp³-hybridized carbons (Fsp3) is 0. The average molecular weight is 266 g/mol. The zero-order valence-corrected chi connectivity index (χ0v) is 9.05. The van der Waals surface area contributed by atoms with Crippen LogP contribution >= 0.6 is 0 Å². The Balaban J connectivity index is 0.00000225. The van der Waals surface area contributed by atoms with E-state index < -0.39 is 11.9 Å². The van der Waals surface area contributed by atoms with Crippen molar-refractivity contribution in [3.05, 3.63) is 36.4 Å². The van der Waals surface area contributed by atoms with Gasteiger partial charge >= 0.3 is 5.97 Å². The van der Waals surface area contributed by atoms with Crippen molar-refractivity contribution in [3.8, 4) is 5.75 Å². The van der Waals surface area contributed by atoms with Gasteiger partial charge in [0.15, 0.2) is 0 Å². The fourth-order valence-corrected chi connectivity index (χ4v) is 0.876. The number of amides is 1. The molecule has 0 atom stereocenters. The third-order valence-electron chi connectivity index (χ3n) is 1.51. The predicted octanol–water partition coefficient (Wildman–Crippen LogP) is 0.969. The summed E-state index contributed by atoms with van der Waals surface area (Å²) in [6, 6.07) is 5.83. The maximum atomic E-state index is 11.1. The number of carbonyl (C=O) groups is 2. The minimum atomic E-state index is -1.18. The van der Waals surface area contributed by atoms with Crippen LogP contribution in [0.5, 0.6) is 5.75 Å². The molecule has 0 fully saturated rings. The number of phenols is 1. The van der Waals surface area contributed by atoms with Gasteiger partial charge < -0.3 is 15.5 Å². The van der Waals surface area contributed by atoms with Crippen molar-refractivity contribution < 1.29 is 36.6 Å². The van der Waals surface area contributed by atoms with Gasteiger partial charge in [-0.15, -0.1) is 0 Å². The Morgan fingerprint density at radius 1 is 1.12 bits per heavy atom. The van der Waals surface area contributed by atoms with Crippen LogP contribution < -0.4 is 5.32 Å². The third-order valence-corrected chi connectivity index (χ3v) is 1.51. The Kier molecular flexibility index (Phi) is 5.90. The number of aromatic hydroxyl groups is 1. The van der Waals surface area contributed by atoms with Gasteiger partial charge in [0.05, 0.1) is 0 Å². The van der Waals surface area contributed by atoms with Crippen LogP contribution in [-0.4, -0.2) is 22.1 Å². The molecule has 0 aliphatic heterocycles. The summed E-state index contributed by atoms with van der Waals surface area (Å²) in [7, 11) is 0. The van der Waals surface area contributed by atoms with E-state index in [-0.39, 0.29) is 22.5 Å². The van der Waals surface area contributed by atoms with Gasteiger partial charge in [0.2, 0.25) is 5.91 Å². The van der Waals surface area contributed by atoms with E-state index in [0.717, 1.165) is 12.2 Å². The predicted molar refractivity (Wildman–Crippen MR) is 53.5 cm³/mol. The van der Waals surface area contributed by atoms with Gasteiger partial charge in [0.25, 0.3) is 0 Å². The molecule has 5 nitrogen and oxygen atoms in total. The van der Waals surface area contributed by atoms with Crippen LogP contribution in [0.15, 0.2) is 36.4 Å². The topological polar surface area (TPSA) is 86.6 Å². The first-order valence-corrected chi connectivity index (χ1v) is 4.09. The molecule has 0 aromatic heterocycles. The molecule has 0 unspecified atom stereocenters. The van der Waals surface area contributed by atoms with E-state index in [2.05, 4.69) is 5.32 Å². The molecule has 1 rings (SSSR count). The molecule has 3 N–H and O–H groups in total. The number of hydrogen-bond acceptors (Lipinski definition) is 3. The molecule has 1 aromatic rings. The minimum absolute atomic E-state index is 0. The van der Waals surface area contributed by atoms with Crippen LogP contribution in [0.3, 0.4) is 0 Å². The second-order valence-electron chi connectivity index (χ2n) is 2.71. The van der Waals surface area contributed by atoms with Crippen molar-refractivity contribution in [3.63, 3.8) is 0 Å². The molecule has 0 spiro atoms. The van der Waals surface area contributed by atoms with E-state index >= 15 is 0 Å². The summed E-state index contributed by atoms with van der Waals surface area (Å²) >= 11 is 0. The summed E-state index contributed by atoms with van der Waals surface area (Å²) in [5.74, 6) is -1.63. The Labute approximate surface area is 102 Å². The van der Waals surface area contributed by atoms with E-state index in [1.165, 1.54) is 24.3 Å². The van der Waals surface area contributed by atoms with Gasteiger partial charge in [-0.2, -0.15) is 0 Å². The standard InChI is InChI=1S/C10H9NO4.Co/c12-8-3-1-7(2-4-8)11-9(13)5-6-10(14)15;/h1-6,12H,(H,11,13)(H,14,15);/b6-5-;. The summed E-state index contributed by atoms with van der Waals surface area (Å²) < 4.78 is 0. The van der Waals surface area contributed by atoms with Gasteiger partial charge in [0, 0.05) is 34.6 Å². The zero-order valence-electron chi connectivity index (χ0n) is 8.01. The summed E-state index contributed by atoms with van der Waals surface area (Å²) in [6.45, 7) is 0. The van der Waals surface area contributed by atoms with E-state index in [9.17, 15) is 9.59 Å². The largest absolute Gasteiger partial charge is 0.508 e. The van der Waals surface area contributed by atoms with Crippen molar-refractivity contribution in [2.24, 2.45) is 0 Å². The van der Waals surface area contributed by atoms with Crippen LogP contribution in [0.25, 0.3) is 0 Å². The Hall–Kier alpha value is -1.79. The van der Waals surface area contributed by atoms with E-state index in [1.807, 2.05) is 0 Å². The Morgan fingerprint density at radius 3 is 2.19 bits per heavy atom. The van der Waals surface area contributed by atoms with Gasteiger partial charge in [-0.05, 0) is 24.3 Å². The number of benzene rings is 1. The molecule has 1 aromatic carbocycles. The number of nitrogens with one attached hydrogen (secondary N) is 1. The summed E-state index contributed by atoms with van der Waals surface area (Å²) in [4.78, 5) is 21.2. The molecule has 6 heteroatoms. The Bertz CT molecular complexity index is 400. The number of carbonyl (C=O) groups excluding carboxylic acids is 1. The zero-order chi connectivity index (χ0) is 11.3. The number of anilines is 1. The first-order chi connectivity index (χ1) is 7.08. The van der Waals surface area contributed by atoms with Crippen molar-refractivity contribution in [1.29, 1.82) is 0 Å². The van der Waals surface area contributed by atoms with Gasteiger partial charge in [-0.1, -0.05) is 0 Å². The molecule has 1 radical (unpaired) electrons. The number of phenolic OH excluding ortho intramolecular Hbond substituents is 1. The monoisotopic (exact) mass is 266 g/mol. The molecular weight excluding hydrogens is 257 g/mol. The molecule has 0 bridgehead atoms. The maximum Gasteiger partial charge on any atom is 0.328 e. The molecule has 0 saturated heterocycles. The SMILES string of the molecule is O=C(O)/C=C\C(=O)Nc1ccc(O)cc1.[Co]. The van der Waals surface area contributed by atoms with Gasteiger partial charge in [-0.3, -0.25) is 4.79 Å². The first kappa shape index (κ1) is 14.2. The fourth-order valence-electron chi connectivity index (χ4n) is 0.876. The first-order valence-electron chi connectivity index (χ1n) is 4.09. The molecule has 0 heterocycles. The molecule has 0 aliphatic rings. The van der Waals surface area contributed by atoms with Crippen LogP contribution in [0, 0.1) is 0 Å². The number of aliphatic carboxylic acids is 1. The van der Waals surface area contributed by atoms with E-state index in [1.54, 1.807) is 0 Å². The second kappa shape index (κ2) is 6.65. The molecular formula is C10H9CoNO4. The van der Waals surface area contributed by atoms with Crippen LogP contribution in [0.4, 0.5) is 5.69 Å². The second-order valence-corrected chi connectivity index (χ2v) is 2.71. The van der Waals surface area contributed by atoms with Gasteiger partial charge in [-0.25, -0.2) is 4.79 Å². The van der Waals surface area contributed by atoms with Gasteiger partial charge in [0.1, 0.15) is 5.75 Å².